The highest BCUT2D eigenvalue weighted by Gasteiger charge is 2.08. The van der Waals surface area contributed by atoms with E-state index in [9.17, 15) is 0 Å². The zero-order valence-corrected chi connectivity index (χ0v) is 8.03. The molecule has 1 heterocycles. The van der Waals surface area contributed by atoms with E-state index in [0.717, 1.165) is 12.8 Å². The van der Waals surface area contributed by atoms with Gasteiger partial charge in [-0.3, -0.25) is 0 Å². The van der Waals surface area contributed by atoms with E-state index in [1.165, 1.54) is 11.3 Å². The standard InChI is InChI=1S/C11H15N3/c12-11-8-10(13-14-11)7-6-9-4-2-1-3-5-9/h1-5,8,11,13-14H,6-7,12H2. The summed E-state index contributed by atoms with van der Waals surface area (Å²) < 4.78 is 0. The van der Waals surface area contributed by atoms with Gasteiger partial charge < -0.3 is 11.2 Å². The maximum atomic E-state index is 5.64. The lowest BCUT2D eigenvalue weighted by atomic mass is 10.1. The second-order valence-electron chi connectivity index (χ2n) is 3.47. The molecule has 1 aliphatic rings. The van der Waals surface area contributed by atoms with Crippen molar-refractivity contribution in [2.45, 2.75) is 19.0 Å². The number of nitrogens with two attached hydrogens (primary N) is 1. The number of nitrogens with one attached hydrogen (secondary N) is 2. The molecule has 3 nitrogen and oxygen atoms in total. The molecule has 1 aliphatic heterocycles. The van der Waals surface area contributed by atoms with Crippen molar-refractivity contribution in [3.8, 4) is 0 Å². The molecule has 0 bridgehead atoms. The predicted octanol–water partition coefficient (Wildman–Crippen LogP) is 0.896. The van der Waals surface area contributed by atoms with E-state index in [-0.39, 0.29) is 6.17 Å². The van der Waals surface area contributed by atoms with Crippen LogP contribution in [0.2, 0.25) is 0 Å². The molecule has 1 aromatic carbocycles. The fourth-order valence-electron chi connectivity index (χ4n) is 1.55. The van der Waals surface area contributed by atoms with Gasteiger partial charge in [-0.15, -0.1) is 0 Å². The minimum Gasteiger partial charge on any atom is -0.324 e. The monoisotopic (exact) mass is 189 g/mol. The first-order chi connectivity index (χ1) is 6.84. The molecule has 2 rings (SSSR count). The van der Waals surface area contributed by atoms with Crippen LogP contribution < -0.4 is 16.6 Å². The molecular weight excluding hydrogens is 174 g/mol. The van der Waals surface area contributed by atoms with Crippen molar-refractivity contribution in [1.82, 2.24) is 10.9 Å². The van der Waals surface area contributed by atoms with E-state index >= 15 is 0 Å². The third-order valence-corrected chi connectivity index (χ3v) is 2.31. The van der Waals surface area contributed by atoms with Gasteiger partial charge in [0, 0.05) is 5.70 Å². The fraction of sp³-hybridized carbons (Fsp3) is 0.273. The van der Waals surface area contributed by atoms with Crippen LogP contribution in [0.5, 0.6) is 0 Å². The minimum absolute atomic E-state index is 0.0410. The van der Waals surface area contributed by atoms with E-state index in [1.807, 2.05) is 12.1 Å². The molecule has 1 unspecified atom stereocenters. The van der Waals surface area contributed by atoms with Crippen LogP contribution in [-0.2, 0) is 6.42 Å². The van der Waals surface area contributed by atoms with E-state index in [4.69, 9.17) is 5.73 Å². The maximum absolute atomic E-state index is 5.64. The van der Waals surface area contributed by atoms with Gasteiger partial charge in [0.15, 0.2) is 0 Å². The van der Waals surface area contributed by atoms with Crippen LogP contribution in [0.3, 0.4) is 0 Å². The highest BCUT2D eigenvalue weighted by atomic mass is 15.4. The third kappa shape index (κ3) is 2.34. The van der Waals surface area contributed by atoms with E-state index in [1.54, 1.807) is 0 Å². The summed E-state index contributed by atoms with van der Waals surface area (Å²) in [5.41, 5.74) is 14.2. The van der Waals surface area contributed by atoms with Crippen molar-refractivity contribution in [2.75, 3.05) is 0 Å². The molecule has 0 fully saturated rings. The predicted molar refractivity (Wildman–Crippen MR) is 57.1 cm³/mol. The molecule has 74 valence electrons. The Morgan fingerprint density at radius 2 is 1.93 bits per heavy atom. The average molecular weight is 189 g/mol. The molecule has 14 heavy (non-hydrogen) atoms. The zero-order valence-electron chi connectivity index (χ0n) is 8.03. The molecule has 0 aliphatic carbocycles. The van der Waals surface area contributed by atoms with E-state index < -0.39 is 0 Å². The second kappa shape index (κ2) is 4.26. The summed E-state index contributed by atoms with van der Waals surface area (Å²) >= 11 is 0. The minimum atomic E-state index is -0.0410. The Hall–Kier alpha value is -1.32. The smallest absolute Gasteiger partial charge is 0.0932 e. The van der Waals surface area contributed by atoms with Crippen molar-refractivity contribution >= 4 is 0 Å². The molecule has 0 saturated heterocycles. The van der Waals surface area contributed by atoms with E-state index in [0.29, 0.717) is 0 Å². The van der Waals surface area contributed by atoms with Crippen LogP contribution in [0.4, 0.5) is 0 Å². The van der Waals surface area contributed by atoms with Crippen LogP contribution in [0.25, 0.3) is 0 Å². The molecule has 0 amide bonds. The van der Waals surface area contributed by atoms with Crippen molar-refractivity contribution in [1.29, 1.82) is 0 Å². The summed E-state index contributed by atoms with van der Waals surface area (Å²) in [4.78, 5) is 0. The van der Waals surface area contributed by atoms with Crippen LogP contribution in [-0.4, -0.2) is 6.17 Å². The molecule has 0 radical (unpaired) electrons. The molecule has 0 spiro atoms. The number of rotatable bonds is 3. The van der Waals surface area contributed by atoms with Gasteiger partial charge in [0.05, 0.1) is 6.17 Å². The Morgan fingerprint density at radius 1 is 1.14 bits per heavy atom. The molecule has 0 saturated carbocycles. The normalized spacial score (nSPS) is 20.4. The van der Waals surface area contributed by atoms with Gasteiger partial charge in [-0.1, -0.05) is 30.3 Å². The van der Waals surface area contributed by atoms with Crippen LogP contribution in [0.15, 0.2) is 42.1 Å². The van der Waals surface area contributed by atoms with Crippen LogP contribution in [0.1, 0.15) is 12.0 Å². The Bertz CT molecular complexity index is 319. The molecule has 0 aromatic heterocycles. The van der Waals surface area contributed by atoms with Gasteiger partial charge in [0.2, 0.25) is 0 Å². The number of hydrogen-bond donors (Lipinski definition) is 3. The summed E-state index contributed by atoms with van der Waals surface area (Å²) in [5, 5.41) is 0. The van der Waals surface area contributed by atoms with Crippen molar-refractivity contribution in [3.05, 3.63) is 47.7 Å². The Morgan fingerprint density at radius 3 is 2.57 bits per heavy atom. The lowest BCUT2D eigenvalue weighted by Crippen LogP contribution is -2.37. The summed E-state index contributed by atoms with van der Waals surface area (Å²) in [6.45, 7) is 0. The number of benzene rings is 1. The quantitative estimate of drug-likeness (QED) is 0.662. The Balaban J connectivity index is 1.86. The van der Waals surface area contributed by atoms with Crippen LogP contribution >= 0.6 is 0 Å². The van der Waals surface area contributed by atoms with Crippen molar-refractivity contribution < 1.29 is 0 Å². The van der Waals surface area contributed by atoms with Gasteiger partial charge in [0.25, 0.3) is 0 Å². The highest BCUT2D eigenvalue weighted by Crippen LogP contribution is 2.08. The molecule has 1 aromatic rings. The molecule has 4 N–H and O–H groups in total. The summed E-state index contributed by atoms with van der Waals surface area (Å²) in [5.74, 6) is 0. The zero-order chi connectivity index (χ0) is 9.80. The second-order valence-corrected chi connectivity index (χ2v) is 3.47. The first-order valence-electron chi connectivity index (χ1n) is 4.86. The third-order valence-electron chi connectivity index (χ3n) is 2.31. The van der Waals surface area contributed by atoms with Gasteiger partial charge in [-0.25, -0.2) is 5.43 Å². The largest absolute Gasteiger partial charge is 0.324 e. The summed E-state index contributed by atoms with van der Waals surface area (Å²) in [7, 11) is 0. The number of hydrogen-bond acceptors (Lipinski definition) is 3. The van der Waals surface area contributed by atoms with Crippen LogP contribution in [0, 0.1) is 0 Å². The highest BCUT2D eigenvalue weighted by molar-refractivity contribution is 5.17. The lowest BCUT2D eigenvalue weighted by Gasteiger charge is -2.04. The van der Waals surface area contributed by atoms with Crippen molar-refractivity contribution in [2.24, 2.45) is 5.73 Å². The molecule has 1 atom stereocenters. The van der Waals surface area contributed by atoms with Crippen molar-refractivity contribution in [3.63, 3.8) is 0 Å². The first-order valence-corrected chi connectivity index (χ1v) is 4.86. The fourth-order valence-corrected chi connectivity index (χ4v) is 1.55. The van der Waals surface area contributed by atoms with E-state index in [2.05, 4.69) is 35.1 Å². The van der Waals surface area contributed by atoms with Gasteiger partial charge in [-0.05, 0) is 24.5 Å². The average Bonchev–Trinajstić information content (AvgIpc) is 2.63. The lowest BCUT2D eigenvalue weighted by molar-refractivity contribution is 0.581. The van der Waals surface area contributed by atoms with Gasteiger partial charge in [-0.2, -0.15) is 0 Å². The molecular formula is C11H15N3. The number of hydrazine groups is 1. The Labute approximate surface area is 84.0 Å². The topological polar surface area (TPSA) is 50.1 Å². The molecule has 3 heteroatoms. The maximum Gasteiger partial charge on any atom is 0.0932 e. The first kappa shape index (κ1) is 9.24. The van der Waals surface area contributed by atoms with Gasteiger partial charge in [0.1, 0.15) is 0 Å². The number of aryl methyl sites for hydroxylation is 1. The van der Waals surface area contributed by atoms with Gasteiger partial charge >= 0.3 is 0 Å². The Kier molecular flexibility index (Phi) is 2.81. The SMILES string of the molecule is NC1C=C(CCc2ccccc2)NN1. The summed E-state index contributed by atoms with van der Waals surface area (Å²) in [6, 6.07) is 10.4. The summed E-state index contributed by atoms with van der Waals surface area (Å²) in [6.07, 6.45) is 4.03. The number of allylic oxidation sites excluding steroid dienone is 1.